The third kappa shape index (κ3) is 3.08. The molecule has 0 saturated carbocycles. The molecule has 1 atom stereocenters. The fraction of sp³-hybridized carbons (Fsp3) is 0.278. The molecule has 0 aliphatic heterocycles. The molecule has 1 aliphatic rings. The van der Waals surface area contributed by atoms with Crippen molar-refractivity contribution in [3.63, 3.8) is 0 Å². The molecular formula is C18H18N2O3. The van der Waals surface area contributed by atoms with Crippen molar-refractivity contribution in [2.75, 3.05) is 7.05 Å². The molecule has 0 fully saturated rings. The second-order valence-electron chi connectivity index (χ2n) is 5.82. The summed E-state index contributed by atoms with van der Waals surface area (Å²) in [5, 5.41) is 9.03. The molecule has 0 unspecified atom stereocenters. The van der Waals surface area contributed by atoms with Crippen molar-refractivity contribution < 1.29 is 14.7 Å². The number of aryl methyl sites for hydroxylation is 1. The maximum atomic E-state index is 12.6. The van der Waals surface area contributed by atoms with Crippen molar-refractivity contribution in [3.05, 3.63) is 65.0 Å². The largest absolute Gasteiger partial charge is 0.478 e. The second kappa shape index (κ2) is 6.20. The summed E-state index contributed by atoms with van der Waals surface area (Å²) >= 11 is 0. The number of carboxylic acids is 1. The third-order valence-corrected chi connectivity index (χ3v) is 4.41. The number of fused-ring (bicyclic) bond motifs is 1. The summed E-state index contributed by atoms with van der Waals surface area (Å²) in [6, 6.07) is 11.1. The Bertz CT molecular complexity index is 757. The fourth-order valence-electron chi connectivity index (χ4n) is 3.04. The average Bonchev–Trinajstić information content (AvgIpc) is 2.60. The zero-order valence-corrected chi connectivity index (χ0v) is 12.9. The van der Waals surface area contributed by atoms with E-state index in [1.165, 1.54) is 29.5 Å². The van der Waals surface area contributed by atoms with E-state index in [1.54, 1.807) is 11.9 Å². The van der Waals surface area contributed by atoms with Crippen molar-refractivity contribution in [1.82, 2.24) is 9.88 Å². The molecule has 1 N–H and O–H groups in total. The third-order valence-electron chi connectivity index (χ3n) is 4.41. The molecule has 1 aromatic carbocycles. The van der Waals surface area contributed by atoms with Gasteiger partial charge in [0.15, 0.2) is 0 Å². The second-order valence-corrected chi connectivity index (χ2v) is 5.82. The Hall–Kier alpha value is -2.69. The summed E-state index contributed by atoms with van der Waals surface area (Å²) in [7, 11) is 1.76. The Balaban J connectivity index is 1.78. The number of hydrogen-bond donors (Lipinski definition) is 1. The van der Waals surface area contributed by atoms with Gasteiger partial charge in [-0.3, -0.25) is 9.78 Å². The SMILES string of the molecule is CN(C(=O)c1cc(C(=O)O)ccn1)[C@@H]1CCc2ccccc2C1. The number of carbonyl (C=O) groups is 2. The highest BCUT2D eigenvalue weighted by Crippen LogP contribution is 2.24. The first-order valence-electron chi connectivity index (χ1n) is 7.59. The van der Waals surface area contributed by atoms with Crippen LogP contribution < -0.4 is 0 Å². The van der Waals surface area contributed by atoms with E-state index in [1.807, 2.05) is 12.1 Å². The van der Waals surface area contributed by atoms with Gasteiger partial charge in [-0.2, -0.15) is 0 Å². The number of carbonyl (C=O) groups excluding carboxylic acids is 1. The van der Waals surface area contributed by atoms with Crippen molar-refractivity contribution in [2.24, 2.45) is 0 Å². The van der Waals surface area contributed by atoms with E-state index in [2.05, 4.69) is 17.1 Å². The van der Waals surface area contributed by atoms with Crippen LogP contribution in [0, 0.1) is 0 Å². The molecule has 0 radical (unpaired) electrons. The first kappa shape index (κ1) is 15.2. The van der Waals surface area contributed by atoms with Gasteiger partial charge in [-0.25, -0.2) is 4.79 Å². The number of carboxylic acid groups (broad SMARTS) is 1. The number of aromatic nitrogens is 1. The number of likely N-dealkylation sites (N-methyl/N-ethyl adjacent to an activating group) is 1. The minimum Gasteiger partial charge on any atom is -0.478 e. The fourth-order valence-corrected chi connectivity index (χ4v) is 3.04. The molecule has 1 aliphatic carbocycles. The number of nitrogens with zero attached hydrogens (tertiary/aromatic N) is 2. The van der Waals surface area contributed by atoms with E-state index in [0.29, 0.717) is 0 Å². The Morgan fingerprint density at radius 2 is 1.96 bits per heavy atom. The summed E-state index contributed by atoms with van der Waals surface area (Å²) in [5.74, 6) is -1.30. The summed E-state index contributed by atoms with van der Waals surface area (Å²) in [4.78, 5) is 29.3. The first-order chi connectivity index (χ1) is 11.1. The van der Waals surface area contributed by atoms with Gasteiger partial charge in [-0.1, -0.05) is 24.3 Å². The molecule has 0 saturated heterocycles. The molecule has 23 heavy (non-hydrogen) atoms. The van der Waals surface area contributed by atoms with Crippen LogP contribution in [0.1, 0.15) is 38.4 Å². The molecule has 0 bridgehead atoms. The summed E-state index contributed by atoms with van der Waals surface area (Å²) in [6.45, 7) is 0. The Morgan fingerprint density at radius 1 is 1.22 bits per heavy atom. The molecular weight excluding hydrogens is 292 g/mol. The topological polar surface area (TPSA) is 70.5 Å². The quantitative estimate of drug-likeness (QED) is 0.945. The molecule has 118 valence electrons. The lowest BCUT2D eigenvalue weighted by Crippen LogP contribution is -2.41. The van der Waals surface area contributed by atoms with Gasteiger partial charge in [-0.15, -0.1) is 0 Å². The lowest BCUT2D eigenvalue weighted by molar-refractivity contribution is 0.0696. The van der Waals surface area contributed by atoms with Gasteiger partial charge in [-0.05, 0) is 42.5 Å². The van der Waals surface area contributed by atoms with Crippen LogP contribution in [0.3, 0.4) is 0 Å². The lowest BCUT2D eigenvalue weighted by Gasteiger charge is -2.32. The summed E-state index contributed by atoms with van der Waals surface area (Å²) in [5.41, 5.74) is 2.86. The maximum absolute atomic E-state index is 12.6. The van der Waals surface area contributed by atoms with Crippen molar-refractivity contribution >= 4 is 11.9 Å². The van der Waals surface area contributed by atoms with E-state index in [4.69, 9.17) is 5.11 Å². The van der Waals surface area contributed by atoms with Crippen LogP contribution in [-0.2, 0) is 12.8 Å². The molecule has 1 heterocycles. The van der Waals surface area contributed by atoms with Crippen LogP contribution in [0.2, 0.25) is 0 Å². The molecule has 1 amide bonds. The minimum atomic E-state index is -1.06. The Kier molecular flexibility index (Phi) is 4.10. The van der Waals surface area contributed by atoms with Crippen molar-refractivity contribution in [2.45, 2.75) is 25.3 Å². The van der Waals surface area contributed by atoms with Gasteiger partial charge >= 0.3 is 5.97 Å². The van der Waals surface area contributed by atoms with Gasteiger partial charge in [0.05, 0.1) is 5.56 Å². The first-order valence-corrected chi connectivity index (χ1v) is 7.59. The van der Waals surface area contributed by atoms with E-state index < -0.39 is 5.97 Å². The zero-order chi connectivity index (χ0) is 16.4. The number of aromatic carboxylic acids is 1. The highest BCUT2D eigenvalue weighted by atomic mass is 16.4. The van der Waals surface area contributed by atoms with E-state index >= 15 is 0 Å². The smallest absolute Gasteiger partial charge is 0.335 e. The average molecular weight is 310 g/mol. The van der Waals surface area contributed by atoms with Crippen LogP contribution in [0.4, 0.5) is 0 Å². The molecule has 1 aromatic heterocycles. The Labute approximate surface area is 134 Å². The maximum Gasteiger partial charge on any atom is 0.335 e. The van der Waals surface area contributed by atoms with E-state index in [-0.39, 0.29) is 23.2 Å². The van der Waals surface area contributed by atoms with Crippen LogP contribution in [0.25, 0.3) is 0 Å². The highest BCUT2D eigenvalue weighted by Gasteiger charge is 2.26. The standard InChI is InChI=1S/C18H18N2O3/c1-20(15-7-6-12-4-2-3-5-13(12)10-15)17(21)16-11-14(18(22)23)8-9-19-16/h2-5,8-9,11,15H,6-7,10H2,1H3,(H,22,23)/t15-/m1/s1. The van der Waals surface area contributed by atoms with E-state index in [9.17, 15) is 9.59 Å². The van der Waals surface area contributed by atoms with Crippen molar-refractivity contribution in [1.29, 1.82) is 0 Å². The van der Waals surface area contributed by atoms with E-state index in [0.717, 1.165) is 19.3 Å². The molecule has 0 spiro atoms. The summed E-state index contributed by atoms with van der Waals surface area (Å²) in [6.07, 6.45) is 4.02. The monoisotopic (exact) mass is 310 g/mol. The minimum absolute atomic E-state index is 0.0748. The predicted octanol–water partition coefficient (Wildman–Crippen LogP) is 2.41. The Morgan fingerprint density at radius 3 is 2.70 bits per heavy atom. The number of amides is 1. The molecule has 5 heteroatoms. The molecule has 3 rings (SSSR count). The van der Waals surface area contributed by atoms with Gasteiger partial charge in [0, 0.05) is 19.3 Å². The van der Waals surface area contributed by atoms with Gasteiger partial charge in [0.2, 0.25) is 0 Å². The van der Waals surface area contributed by atoms with Crippen LogP contribution in [0.15, 0.2) is 42.6 Å². The number of hydrogen-bond acceptors (Lipinski definition) is 3. The van der Waals surface area contributed by atoms with Crippen LogP contribution in [-0.4, -0.2) is 40.0 Å². The van der Waals surface area contributed by atoms with Crippen LogP contribution >= 0.6 is 0 Å². The van der Waals surface area contributed by atoms with Crippen molar-refractivity contribution in [3.8, 4) is 0 Å². The zero-order valence-electron chi connectivity index (χ0n) is 12.9. The van der Waals surface area contributed by atoms with Crippen LogP contribution in [0.5, 0.6) is 0 Å². The number of benzene rings is 1. The predicted molar refractivity (Wildman–Crippen MR) is 85.5 cm³/mol. The van der Waals surface area contributed by atoms with Gasteiger partial charge in [0.1, 0.15) is 5.69 Å². The summed E-state index contributed by atoms with van der Waals surface area (Å²) < 4.78 is 0. The lowest BCUT2D eigenvalue weighted by atomic mass is 9.87. The molecule has 2 aromatic rings. The molecule has 5 nitrogen and oxygen atoms in total. The van der Waals surface area contributed by atoms with Gasteiger partial charge < -0.3 is 10.0 Å². The number of pyridine rings is 1. The van der Waals surface area contributed by atoms with Gasteiger partial charge in [0.25, 0.3) is 5.91 Å². The normalized spacial score (nSPS) is 16.5. The highest BCUT2D eigenvalue weighted by molar-refractivity contribution is 5.95. The number of rotatable bonds is 3.